The van der Waals surface area contributed by atoms with Crippen LogP contribution in [0.15, 0.2) is 0 Å². The van der Waals surface area contributed by atoms with E-state index in [2.05, 4.69) is 10.6 Å². The van der Waals surface area contributed by atoms with Crippen molar-refractivity contribution in [2.75, 3.05) is 13.1 Å². The summed E-state index contributed by atoms with van der Waals surface area (Å²) in [5.74, 6) is 0.207. The molecule has 98 valence electrons. The van der Waals surface area contributed by atoms with E-state index in [1.807, 2.05) is 0 Å². The van der Waals surface area contributed by atoms with Gasteiger partial charge in [-0.2, -0.15) is 0 Å². The van der Waals surface area contributed by atoms with E-state index in [9.17, 15) is 9.59 Å². The lowest BCUT2D eigenvalue weighted by atomic mass is 9.93. The molecule has 0 radical (unpaired) electrons. The molecule has 4 N–H and O–H groups in total. The lowest BCUT2D eigenvalue weighted by Gasteiger charge is -2.21. The lowest BCUT2D eigenvalue weighted by molar-refractivity contribution is -0.125. The maximum atomic E-state index is 11.5. The summed E-state index contributed by atoms with van der Waals surface area (Å²) in [4.78, 5) is 22.5. The maximum absolute atomic E-state index is 11.5. The molecule has 0 heterocycles. The molecule has 0 spiro atoms. The van der Waals surface area contributed by atoms with Crippen LogP contribution >= 0.6 is 0 Å². The summed E-state index contributed by atoms with van der Waals surface area (Å²) in [7, 11) is 0. The molecule has 0 aliphatic heterocycles. The Morgan fingerprint density at radius 1 is 1.24 bits per heavy atom. The van der Waals surface area contributed by atoms with Crippen molar-refractivity contribution in [1.29, 1.82) is 0 Å². The fourth-order valence-corrected chi connectivity index (χ4v) is 1.90. The third-order valence-electron chi connectivity index (χ3n) is 3.38. The Labute approximate surface area is 103 Å². The molecule has 0 aromatic rings. The van der Waals surface area contributed by atoms with Crippen molar-refractivity contribution in [2.45, 2.75) is 39.5 Å². The van der Waals surface area contributed by atoms with Crippen molar-refractivity contribution < 1.29 is 9.59 Å². The van der Waals surface area contributed by atoms with Crippen LogP contribution in [-0.4, -0.2) is 25.0 Å². The number of nitrogens with one attached hydrogen (secondary N) is 2. The summed E-state index contributed by atoms with van der Waals surface area (Å²) in [6.07, 6.45) is 4.94. The Bertz CT molecular complexity index is 283. The predicted molar refractivity (Wildman–Crippen MR) is 66.3 cm³/mol. The van der Waals surface area contributed by atoms with Crippen LogP contribution in [0.3, 0.4) is 0 Å². The van der Waals surface area contributed by atoms with E-state index in [1.54, 1.807) is 13.8 Å². The molecule has 0 atom stereocenters. The standard InChI is InChI=1S/C12H23N3O2/c1-12(2,10(13)16)8-15-11(17)14-7-9-5-3-4-6-9/h9H,3-8H2,1-2H3,(H2,13,16)(H2,14,15,17). The van der Waals surface area contributed by atoms with Gasteiger partial charge < -0.3 is 16.4 Å². The van der Waals surface area contributed by atoms with Crippen LogP contribution in [0.2, 0.25) is 0 Å². The van der Waals surface area contributed by atoms with E-state index in [0.29, 0.717) is 5.92 Å². The first kappa shape index (κ1) is 13.8. The van der Waals surface area contributed by atoms with Crippen LogP contribution in [0, 0.1) is 11.3 Å². The van der Waals surface area contributed by atoms with Crippen LogP contribution in [0.4, 0.5) is 4.79 Å². The number of rotatable bonds is 5. The smallest absolute Gasteiger partial charge is 0.314 e. The van der Waals surface area contributed by atoms with Crippen LogP contribution in [0.1, 0.15) is 39.5 Å². The fourth-order valence-electron chi connectivity index (χ4n) is 1.90. The second-order valence-corrected chi connectivity index (χ2v) is 5.46. The highest BCUT2D eigenvalue weighted by molar-refractivity contribution is 5.81. The Morgan fingerprint density at radius 2 is 1.82 bits per heavy atom. The molecule has 0 aromatic carbocycles. The topological polar surface area (TPSA) is 84.2 Å². The van der Waals surface area contributed by atoms with E-state index in [0.717, 1.165) is 6.54 Å². The van der Waals surface area contributed by atoms with E-state index < -0.39 is 11.3 Å². The van der Waals surface area contributed by atoms with Crippen molar-refractivity contribution >= 4 is 11.9 Å². The quantitative estimate of drug-likeness (QED) is 0.670. The Kier molecular flexibility index (Phi) is 4.78. The summed E-state index contributed by atoms with van der Waals surface area (Å²) in [5, 5.41) is 5.51. The van der Waals surface area contributed by atoms with Crippen LogP contribution in [0.5, 0.6) is 0 Å². The zero-order valence-electron chi connectivity index (χ0n) is 10.7. The monoisotopic (exact) mass is 241 g/mol. The Hall–Kier alpha value is -1.26. The highest BCUT2D eigenvalue weighted by atomic mass is 16.2. The van der Waals surface area contributed by atoms with Gasteiger partial charge in [-0.25, -0.2) is 4.79 Å². The highest BCUT2D eigenvalue weighted by Gasteiger charge is 2.25. The molecule has 0 unspecified atom stereocenters. The molecule has 3 amide bonds. The number of carbonyl (C=O) groups is 2. The molecule has 0 aromatic heterocycles. The van der Waals surface area contributed by atoms with Gasteiger partial charge >= 0.3 is 6.03 Å². The van der Waals surface area contributed by atoms with Crippen molar-refractivity contribution in [3.63, 3.8) is 0 Å². The average Bonchev–Trinajstić information content (AvgIpc) is 2.76. The number of carbonyl (C=O) groups excluding carboxylic acids is 2. The number of nitrogens with two attached hydrogens (primary N) is 1. The van der Waals surface area contributed by atoms with Gasteiger partial charge in [0.15, 0.2) is 0 Å². The second kappa shape index (κ2) is 5.89. The lowest BCUT2D eigenvalue weighted by Crippen LogP contribution is -2.46. The molecule has 1 fully saturated rings. The normalized spacial score (nSPS) is 16.8. The first-order chi connectivity index (χ1) is 7.92. The van der Waals surface area contributed by atoms with Gasteiger partial charge in [0.1, 0.15) is 0 Å². The summed E-state index contributed by atoms with van der Waals surface area (Å²) < 4.78 is 0. The number of hydrogen-bond acceptors (Lipinski definition) is 2. The first-order valence-corrected chi connectivity index (χ1v) is 6.23. The van der Waals surface area contributed by atoms with E-state index in [1.165, 1.54) is 25.7 Å². The van der Waals surface area contributed by atoms with E-state index in [4.69, 9.17) is 5.73 Å². The van der Waals surface area contributed by atoms with Crippen LogP contribution < -0.4 is 16.4 Å². The molecule has 1 aliphatic rings. The van der Waals surface area contributed by atoms with Gasteiger partial charge in [0, 0.05) is 13.1 Å². The molecular weight excluding hydrogens is 218 g/mol. The largest absolute Gasteiger partial charge is 0.369 e. The zero-order valence-corrected chi connectivity index (χ0v) is 10.7. The number of amides is 3. The molecule has 1 saturated carbocycles. The van der Waals surface area contributed by atoms with Gasteiger partial charge in [-0.05, 0) is 32.6 Å². The molecule has 5 nitrogen and oxygen atoms in total. The van der Waals surface area contributed by atoms with Gasteiger partial charge in [-0.1, -0.05) is 12.8 Å². The number of urea groups is 1. The summed E-state index contributed by atoms with van der Waals surface area (Å²) >= 11 is 0. The SMILES string of the molecule is CC(C)(CNC(=O)NCC1CCCC1)C(N)=O. The van der Waals surface area contributed by atoms with Crippen molar-refractivity contribution in [1.82, 2.24) is 10.6 Å². The molecule has 17 heavy (non-hydrogen) atoms. The van der Waals surface area contributed by atoms with Gasteiger partial charge in [0.2, 0.25) is 5.91 Å². The summed E-state index contributed by atoms with van der Waals surface area (Å²) in [6, 6.07) is -0.216. The third-order valence-corrected chi connectivity index (χ3v) is 3.38. The Balaban J connectivity index is 2.18. The predicted octanol–water partition coefficient (Wildman–Crippen LogP) is 0.987. The van der Waals surface area contributed by atoms with Gasteiger partial charge in [-0.15, -0.1) is 0 Å². The average molecular weight is 241 g/mol. The third kappa shape index (κ3) is 4.63. The molecular formula is C12H23N3O2. The second-order valence-electron chi connectivity index (χ2n) is 5.46. The maximum Gasteiger partial charge on any atom is 0.314 e. The minimum absolute atomic E-state index is 0.216. The van der Waals surface area contributed by atoms with Crippen LogP contribution in [-0.2, 0) is 4.79 Å². The molecule has 5 heteroatoms. The number of primary amides is 1. The van der Waals surface area contributed by atoms with Crippen molar-refractivity contribution in [3.8, 4) is 0 Å². The minimum Gasteiger partial charge on any atom is -0.369 e. The van der Waals surface area contributed by atoms with E-state index >= 15 is 0 Å². The molecule has 0 bridgehead atoms. The van der Waals surface area contributed by atoms with Gasteiger partial charge in [0.05, 0.1) is 5.41 Å². The molecule has 0 saturated heterocycles. The summed E-state index contributed by atoms with van der Waals surface area (Å²) in [6.45, 7) is 4.42. The van der Waals surface area contributed by atoms with Crippen molar-refractivity contribution in [2.24, 2.45) is 17.1 Å². The van der Waals surface area contributed by atoms with Gasteiger partial charge in [0.25, 0.3) is 0 Å². The Morgan fingerprint density at radius 3 is 2.35 bits per heavy atom. The van der Waals surface area contributed by atoms with Crippen molar-refractivity contribution in [3.05, 3.63) is 0 Å². The zero-order chi connectivity index (χ0) is 12.9. The minimum atomic E-state index is -0.704. The first-order valence-electron chi connectivity index (χ1n) is 6.23. The molecule has 1 aliphatic carbocycles. The summed E-state index contributed by atoms with van der Waals surface area (Å²) in [5.41, 5.74) is 4.52. The van der Waals surface area contributed by atoms with Crippen LogP contribution in [0.25, 0.3) is 0 Å². The molecule has 1 rings (SSSR count). The number of hydrogen-bond donors (Lipinski definition) is 3. The van der Waals surface area contributed by atoms with Gasteiger partial charge in [-0.3, -0.25) is 4.79 Å². The highest BCUT2D eigenvalue weighted by Crippen LogP contribution is 2.23. The van der Waals surface area contributed by atoms with E-state index in [-0.39, 0.29) is 12.6 Å². The fraction of sp³-hybridized carbons (Fsp3) is 0.833.